The maximum Gasteiger partial charge on any atom is 0.313 e. The molecule has 0 unspecified atom stereocenters. The molecule has 90 valence electrons. The van der Waals surface area contributed by atoms with Gasteiger partial charge in [-0.1, -0.05) is 11.8 Å². The lowest BCUT2D eigenvalue weighted by molar-refractivity contribution is -0.133. The Balaban J connectivity index is 2.27. The standard InChI is InChI=1S/C9H8ClN3O3S/c1-13-8(5-2-3-16-7(5)10)11-12-9(13)17-4-6(14)15/h2-3H,4H2,1H3,(H,14,15). The third kappa shape index (κ3) is 2.45. The molecule has 0 aliphatic rings. The molecule has 0 bridgehead atoms. The van der Waals surface area contributed by atoms with Crippen molar-refractivity contribution in [2.45, 2.75) is 5.16 Å². The highest BCUT2D eigenvalue weighted by Gasteiger charge is 2.16. The number of carboxylic acid groups (broad SMARTS) is 1. The number of furan rings is 1. The summed E-state index contributed by atoms with van der Waals surface area (Å²) in [5.41, 5.74) is 0.629. The van der Waals surface area contributed by atoms with Crippen LogP contribution in [0.5, 0.6) is 0 Å². The number of halogens is 1. The van der Waals surface area contributed by atoms with Crippen molar-refractivity contribution in [3.8, 4) is 11.4 Å². The van der Waals surface area contributed by atoms with Crippen molar-refractivity contribution >= 4 is 29.3 Å². The fourth-order valence-electron chi connectivity index (χ4n) is 1.25. The molecule has 0 radical (unpaired) electrons. The number of carbonyl (C=O) groups is 1. The Bertz CT molecular complexity index is 551. The highest BCUT2D eigenvalue weighted by Crippen LogP contribution is 2.29. The topological polar surface area (TPSA) is 81.2 Å². The van der Waals surface area contributed by atoms with E-state index in [1.807, 2.05) is 0 Å². The van der Waals surface area contributed by atoms with E-state index in [1.54, 1.807) is 17.7 Å². The zero-order valence-corrected chi connectivity index (χ0v) is 10.3. The van der Waals surface area contributed by atoms with Crippen LogP contribution in [0, 0.1) is 0 Å². The van der Waals surface area contributed by atoms with Gasteiger partial charge in [0.1, 0.15) is 0 Å². The normalized spacial score (nSPS) is 10.7. The Hall–Kier alpha value is -1.47. The van der Waals surface area contributed by atoms with Crippen molar-refractivity contribution in [1.82, 2.24) is 14.8 Å². The first kappa shape index (κ1) is 12.0. The van der Waals surface area contributed by atoms with E-state index in [-0.39, 0.29) is 11.0 Å². The Morgan fingerprint density at radius 3 is 3.00 bits per heavy atom. The number of hydrogen-bond acceptors (Lipinski definition) is 5. The maximum absolute atomic E-state index is 10.5. The van der Waals surface area contributed by atoms with E-state index in [1.165, 1.54) is 6.26 Å². The number of carboxylic acids is 1. The second-order valence-electron chi connectivity index (χ2n) is 3.16. The first-order valence-corrected chi connectivity index (χ1v) is 5.93. The first-order chi connectivity index (χ1) is 8.09. The highest BCUT2D eigenvalue weighted by atomic mass is 35.5. The summed E-state index contributed by atoms with van der Waals surface area (Å²) < 4.78 is 6.64. The Labute approximate surface area is 106 Å². The molecule has 2 rings (SSSR count). The lowest BCUT2D eigenvalue weighted by Crippen LogP contribution is -2.00. The van der Waals surface area contributed by atoms with Crippen LogP contribution >= 0.6 is 23.4 Å². The van der Waals surface area contributed by atoms with Crippen molar-refractivity contribution in [3.05, 3.63) is 17.5 Å². The summed E-state index contributed by atoms with van der Waals surface area (Å²) in [7, 11) is 1.74. The van der Waals surface area contributed by atoms with Crippen LogP contribution in [0.1, 0.15) is 0 Å². The summed E-state index contributed by atoms with van der Waals surface area (Å²) in [6.45, 7) is 0. The van der Waals surface area contributed by atoms with E-state index >= 15 is 0 Å². The van der Waals surface area contributed by atoms with E-state index in [2.05, 4.69) is 10.2 Å². The molecule has 0 spiro atoms. The average molecular weight is 274 g/mol. The van der Waals surface area contributed by atoms with Crippen molar-refractivity contribution in [1.29, 1.82) is 0 Å². The summed E-state index contributed by atoms with van der Waals surface area (Å²) in [5, 5.41) is 17.2. The van der Waals surface area contributed by atoms with Crippen LogP contribution in [0.25, 0.3) is 11.4 Å². The molecule has 0 atom stereocenters. The summed E-state index contributed by atoms with van der Waals surface area (Å²) in [6, 6.07) is 1.68. The summed E-state index contributed by atoms with van der Waals surface area (Å²) >= 11 is 6.93. The molecule has 0 amide bonds. The first-order valence-electron chi connectivity index (χ1n) is 4.57. The minimum absolute atomic E-state index is 0.0644. The van der Waals surface area contributed by atoms with Gasteiger partial charge in [0.2, 0.25) is 5.22 Å². The molecule has 6 nitrogen and oxygen atoms in total. The number of aromatic nitrogens is 3. The molecule has 0 saturated heterocycles. The molecule has 2 aromatic heterocycles. The maximum atomic E-state index is 10.5. The van der Waals surface area contributed by atoms with Crippen LogP contribution < -0.4 is 0 Å². The van der Waals surface area contributed by atoms with Crippen molar-refractivity contribution in [2.75, 3.05) is 5.75 Å². The van der Waals surface area contributed by atoms with E-state index in [4.69, 9.17) is 21.1 Å². The smallest absolute Gasteiger partial charge is 0.313 e. The highest BCUT2D eigenvalue weighted by molar-refractivity contribution is 7.99. The number of aliphatic carboxylic acids is 1. The van der Waals surface area contributed by atoms with Gasteiger partial charge in [-0.3, -0.25) is 4.79 Å². The molecule has 2 aromatic rings. The van der Waals surface area contributed by atoms with Gasteiger partial charge < -0.3 is 14.1 Å². The van der Waals surface area contributed by atoms with Crippen LogP contribution in [0.2, 0.25) is 5.22 Å². The van der Waals surface area contributed by atoms with Crippen LogP contribution in [0.4, 0.5) is 0 Å². The third-order valence-electron chi connectivity index (χ3n) is 2.02. The number of rotatable bonds is 4. The minimum Gasteiger partial charge on any atom is -0.481 e. The molecule has 0 aliphatic heterocycles. The predicted molar refractivity (Wildman–Crippen MR) is 62.1 cm³/mol. The molecule has 0 saturated carbocycles. The van der Waals surface area contributed by atoms with Gasteiger partial charge in [-0.25, -0.2) is 0 Å². The Morgan fingerprint density at radius 1 is 1.65 bits per heavy atom. The number of thioether (sulfide) groups is 1. The molecule has 2 heterocycles. The fraction of sp³-hybridized carbons (Fsp3) is 0.222. The monoisotopic (exact) mass is 273 g/mol. The molecule has 0 aliphatic carbocycles. The van der Waals surface area contributed by atoms with Crippen LogP contribution in [-0.2, 0) is 11.8 Å². The Kier molecular flexibility index (Phi) is 3.39. The molecular formula is C9H8ClN3O3S. The lowest BCUT2D eigenvalue weighted by Gasteiger charge is -2.00. The molecule has 8 heteroatoms. The van der Waals surface area contributed by atoms with Gasteiger partial charge in [-0.2, -0.15) is 0 Å². The molecule has 0 aromatic carbocycles. The van der Waals surface area contributed by atoms with Gasteiger partial charge in [0, 0.05) is 7.05 Å². The molecule has 17 heavy (non-hydrogen) atoms. The molecule has 0 fully saturated rings. The van der Waals surface area contributed by atoms with Gasteiger partial charge in [-0.05, 0) is 17.7 Å². The minimum atomic E-state index is -0.902. The van der Waals surface area contributed by atoms with E-state index in [9.17, 15) is 4.79 Å². The van der Waals surface area contributed by atoms with Gasteiger partial charge >= 0.3 is 5.97 Å². The van der Waals surface area contributed by atoms with E-state index < -0.39 is 5.97 Å². The van der Waals surface area contributed by atoms with Gasteiger partial charge in [0.05, 0.1) is 17.6 Å². The average Bonchev–Trinajstić information content (AvgIpc) is 2.82. The van der Waals surface area contributed by atoms with Gasteiger partial charge in [-0.15, -0.1) is 10.2 Å². The van der Waals surface area contributed by atoms with Gasteiger partial charge in [0.15, 0.2) is 11.0 Å². The van der Waals surface area contributed by atoms with E-state index in [0.29, 0.717) is 16.5 Å². The molecule has 1 N–H and O–H groups in total. The Morgan fingerprint density at radius 2 is 2.41 bits per heavy atom. The third-order valence-corrected chi connectivity index (χ3v) is 3.32. The predicted octanol–water partition coefficient (Wildman–Crippen LogP) is 1.91. The summed E-state index contributed by atoms with van der Waals surface area (Å²) in [5.74, 6) is -0.428. The van der Waals surface area contributed by atoms with Gasteiger partial charge in [0.25, 0.3) is 0 Å². The zero-order chi connectivity index (χ0) is 12.4. The van der Waals surface area contributed by atoms with Crippen LogP contribution in [-0.4, -0.2) is 31.6 Å². The quantitative estimate of drug-likeness (QED) is 0.857. The second kappa shape index (κ2) is 4.80. The molecular weight excluding hydrogens is 266 g/mol. The fourth-order valence-corrected chi connectivity index (χ4v) is 2.08. The van der Waals surface area contributed by atoms with Crippen LogP contribution in [0.3, 0.4) is 0 Å². The van der Waals surface area contributed by atoms with E-state index in [0.717, 1.165) is 11.8 Å². The largest absolute Gasteiger partial charge is 0.481 e. The summed E-state index contributed by atoms with van der Waals surface area (Å²) in [6.07, 6.45) is 1.45. The summed E-state index contributed by atoms with van der Waals surface area (Å²) in [4.78, 5) is 10.5. The van der Waals surface area contributed by atoms with Crippen molar-refractivity contribution in [2.24, 2.45) is 7.05 Å². The second-order valence-corrected chi connectivity index (χ2v) is 4.44. The van der Waals surface area contributed by atoms with Crippen molar-refractivity contribution in [3.63, 3.8) is 0 Å². The SMILES string of the molecule is Cn1c(SCC(=O)O)nnc1-c1ccoc1Cl. The number of nitrogens with zero attached hydrogens (tertiary/aromatic N) is 3. The van der Waals surface area contributed by atoms with Crippen molar-refractivity contribution < 1.29 is 14.3 Å². The van der Waals surface area contributed by atoms with Crippen LogP contribution in [0.15, 0.2) is 21.9 Å². The zero-order valence-electron chi connectivity index (χ0n) is 8.75. The number of hydrogen-bond donors (Lipinski definition) is 1. The lowest BCUT2D eigenvalue weighted by atomic mass is 10.3.